The molecule has 0 fully saturated rings. The van der Waals surface area contributed by atoms with Crippen molar-refractivity contribution < 1.29 is 13.2 Å². The summed E-state index contributed by atoms with van der Waals surface area (Å²) in [6.45, 7) is 0. The third kappa shape index (κ3) is 2.55. The molecule has 0 atom stereocenters. The summed E-state index contributed by atoms with van der Waals surface area (Å²) in [4.78, 5) is 3.09. The minimum atomic E-state index is -4.66. The van der Waals surface area contributed by atoms with Gasteiger partial charge in [0.2, 0.25) is 5.28 Å². The molecule has 0 unspecified atom stereocenters. The number of hydrogen-bond acceptors (Lipinski definition) is 4. The van der Waals surface area contributed by atoms with E-state index in [1.165, 1.54) is 12.1 Å². The molecule has 0 amide bonds. The molecule has 0 spiro atoms. The highest BCUT2D eigenvalue weighted by molar-refractivity contribution is 9.10. The monoisotopic (exact) mass is 327 g/mol. The average molecular weight is 328 g/mol. The number of rotatable bonds is 1. The molecule has 0 aliphatic carbocycles. The lowest BCUT2D eigenvalue weighted by Gasteiger charge is -1.99. The van der Waals surface area contributed by atoms with Crippen molar-refractivity contribution in [2.75, 3.05) is 0 Å². The van der Waals surface area contributed by atoms with E-state index in [0.717, 1.165) is 4.68 Å². The molecule has 0 radical (unpaired) electrons. The molecule has 0 aliphatic rings. The van der Waals surface area contributed by atoms with Gasteiger partial charge in [-0.05, 0) is 39.7 Å². The zero-order chi connectivity index (χ0) is 12.6. The quantitative estimate of drug-likeness (QED) is 0.807. The van der Waals surface area contributed by atoms with Crippen LogP contribution in [0, 0.1) is 0 Å². The van der Waals surface area contributed by atoms with Crippen LogP contribution >= 0.6 is 27.5 Å². The van der Waals surface area contributed by atoms with Crippen LogP contribution in [0.2, 0.25) is 5.28 Å². The Bertz CT molecular complexity index is 537. The van der Waals surface area contributed by atoms with Gasteiger partial charge < -0.3 is 0 Å². The Labute approximate surface area is 106 Å². The van der Waals surface area contributed by atoms with Gasteiger partial charge >= 0.3 is 6.18 Å². The first kappa shape index (κ1) is 12.2. The van der Waals surface area contributed by atoms with Crippen LogP contribution in [0.1, 0.15) is 5.82 Å². The normalized spacial score (nSPS) is 11.8. The lowest BCUT2D eigenvalue weighted by molar-refractivity contribution is -0.144. The summed E-state index contributed by atoms with van der Waals surface area (Å²) in [5.41, 5.74) is 0. The van der Waals surface area contributed by atoms with E-state index < -0.39 is 17.3 Å². The molecule has 0 saturated heterocycles. The maximum Gasteiger partial charge on any atom is 0.453 e. The number of nitrogens with zero attached hydrogens (tertiary/aromatic N) is 5. The average Bonchev–Trinajstić information content (AvgIpc) is 2.61. The maximum atomic E-state index is 12.3. The Hall–Kier alpha value is -1.22. The topological polar surface area (TPSA) is 56.5 Å². The molecule has 0 N–H and O–H groups in total. The van der Waals surface area contributed by atoms with Crippen molar-refractivity contribution in [3.8, 4) is 5.82 Å². The molecule has 2 aromatic rings. The van der Waals surface area contributed by atoms with E-state index >= 15 is 0 Å². The molecule has 90 valence electrons. The molecule has 10 heteroatoms. The molecule has 0 bridgehead atoms. The fourth-order valence-electron chi connectivity index (χ4n) is 0.981. The largest absolute Gasteiger partial charge is 0.453 e. The summed E-state index contributed by atoms with van der Waals surface area (Å²) in [5.74, 6) is -1.28. The number of hydrogen-bond donors (Lipinski definition) is 0. The zero-order valence-corrected chi connectivity index (χ0v) is 10.1. The van der Waals surface area contributed by atoms with Gasteiger partial charge in [0, 0.05) is 0 Å². The molecular weight excluding hydrogens is 326 g/mol. The van der Waals surface area contributed by atoms with E-state index in [2.05, 4.69) is 36.2 Å². The summed E-state index contributed by atoms with van der Waals surface area (Å²) in [6.07, 6.45) is -4.66. The molecule has 17 heavy (non-hydrogen) atoms. The molecule has 5 nitrogen and oxygen atoms in total. The van der Waals surface area contributed by atoms with Crippen LogP contribution in [-0.2, 0) is 6.18 Å². The SMILES string of the molecule is FC(F)(F)c1nc(Cl)n(-c2ccc(Br)nn2)n1. The fourth-order valence-corrected chi connectivity index (χ4v) is 1.40. The Morgan fingerprint density at radius 1 is 1.24 bits per heavy atom. The van der Waals surface area contributed by atoms with Gasteiger partial charge in [0.25, 0.3) is 5.82 Å². The van der Waals surface area contributed by atoms with Crippen LogP contribution in [0.4, 0.5) is 13.2 Å². The minimum Gasteiger partial charge on any atom is -0.192 e. The van der Waals surface area contributed by atoms with Crippen molar-refractivity contribution in [2.24, 2.45) is 0 Å². The lowest BCUT2D eigenvalue weighted by Crippen LogP contribution is -2.09. The van der Waals surface area contributed by atoms with E-state index in [1.54, 1.807) is 0 Å². The standard InChI is InChI=1S/C7H2BrClF3N5/c8-3-1-2-4(15-14-3)17-6(9)13-5(16-17)7(10,11)12/h1-2H. The van der Waals surface area contributed by atoms with Crippen molar-refractivity contribution in [3.05, 3.63) is 27.8 Å². The second-order valence-electron chi connectivity index (χ2n) is 2.83. The van der Waals surface area contributed by atoms with E-state index in [4.69, 9.17) is 11.6 Å². The van der Waals surface area contributed by atoms with Gasteiger partial charge in [-0.15, -0.1) is 15.3 Å². The number of aromatic nitrogens is 5. The highest BCUT2D eigenvalue weighted by atomic mass is 79.9. The van der Waals surface area contributed by atoms with E-state index in [1.807, 2.05) is 0 Å². The van der Waals surface area contributed by atoms with Gasteiger partial charge in [0.15, 0.2) is 5.82 Å². The predicted molar refractivity (Wildman–Crippen MR) is 54.7 cm³/mol. The summed E-state index contributed by atoms with van der Waals surface area (Å²) in [7, 11) is 0. The van der Waals surface area contributed by atoms with E-state index in [0.29, 0.717) is 4.60 Å². The van der Waals surface area contributed by atoms with Crippen LogP contribution < -0.4 is 0 Å². The second kappa shape index (κ2) is 4.22. The van der Waals surface area contributed by atoms with E-state index in [-0.39, 0.29) is 5.82 Å². The Morgan fingerprint density at radius 2 is 1.94 bits per heavy atom. The molecule has 2 aromatic heterocycles. The van der Waals surface area contributed by atoms with Crippen molar-refractivity contribution in [3.63, 3.8) is 0 Å². The number of halogens is 5. The third-order valence-corrected chi connectivity index (χ3v) is 2.32. The Balaban J connectivity index is 2.46. The molecule has 0 aromatic carbocycles. The minimum absolute atomic E-state index is 0.0428. The first-order chi connectivity index (χ1) is 7.88. The van der Waals surface area contributed by atoms with Gasteiger partial charge in [0.05, 0.1) is 0 Å². The van der Waals surface area contributed by atoms with Gasteiger partial charge in [-0.25, -0.2) is 0 Å². The van der Waals surface area contributed by atoms with Crippen molar-refractivity contribution in [1.29, 1.82) is 0 Å². The number of alkyl halides is 3. The fraction of sp³-hybridized carbons (Fsp3) is 0.143. The van der Waals surface area contributed by atoms with Crippen LogP contribution in [0.5, 0.6) is 0 Å². The first-order valence-corrected chi connectivity index (χ1v) is 5.24. The van der Waals surface area contributed by atoms with Crippen LogP contribution in [0.25, 0.3) is 5.82 Å². The molecule has 0 saturated carbocycles. The summed E-state index contributed by atoms with van der Waals surface area (Å²) >= 11 is 8.58. The highest BCUT2D eigenvalue weighted by Gasteiger charge is 2.37. The molecule has 2 heterocycles. The van der Waals surface area contributed by atoms with Crippen molar-refractivity contribution >= 4 is 27.5 Å². The van der Waals surface area contributed by atoms with Gasteiger partial charge in [0.1, 0.15) is 4.60 Å². The van der Waals surface area contributed by atoms with Crippen LogP contribution in [-0.4, -0.2) is 25.0 Å². The summed E-state index contributed by atoms with van der Waals surface area (Å²) < 4.78 is 38.2. The summed E-state index contributed by atoms with van der Waals surface area (Å²) in [6, 6.07) is 2.89. The van der Waals surface area contributed by atoms with Crippen molar-refractivity contribution in [1.82, 2.24) is 25.0 Å². The first-order valence-electron chi connectivity index (χ1n) is 4.07. The Kier molecular flexibility index (Phi) is 3.04. The maximum absolute atomic E-state index is 12.3. The van der Waals surface area contributed by atoms with E-state index in [9.17, 15) is 13.2 Å². The zero-order valence-electron chi connectivity index (χ0n) is 7.78. The molecule has 0 aliphatic heterocycles. The lowest BCUT2D eigenvalue weighted by atomic mass is 10.5. The van der Waals surface area contributed by atoms with Crippen LogP contribution in [0.15, 0.2) is 16.7 Å². The van der Waals surface area contributed by atoms with Gasteiger partial charge in [-0.2, -0.15) is 22.8 Å². The summed E-state index contributed by atoms with van der Waals surface area (Å²) in [5, 5.41) is 10.00. The third-order valence-electron chi connectivity index (χ3n) is 1.66. The molecular formula is C7H2BrClF3N5. The van der Waals surface area contributed by atoms with Crippen molar-refractivity contribution in [2.45, 2.75) is 6.18 Å². The molecule has 2 rings (SSSR count). The predicted octanol–water partition coefficient (Wildman–Crippen LogP) is 2.49. The van der Waals surface area contributed by atoms with Gasteiger partial charge in [-0.3, -0.25) is 0 Å². The van der Waals surface area contributed by atoms with Crippen LogP contribution in [0.3, 0.4) is 0 Å². The van der Waals surface area contributed by atoms with Gasteiger partial charge in [-0.1, -0.05) is 0 Å². The second-order valence-corrected chi connectivity index (χ2v) is 3.98. The smallest absolute Gasteiger partial charge is 0.192 e. The highest BCUT2D eigenvalue weighted by Crippen LogP contribution is 2.28. The Morgan fingerprint density at radius 3 is 2.41 bits per heavy atom.